The summed E-state index contributed by atoms with van der Waals surface area (Å²) >= 11 is 0. The van der Waals surface area contributed by atoms with Crippen molar-refractivity contribution in [2.75, 3.05) is 0 Å². The summed E-state index contributed by atoms with van der Waals surface area (Å²) in [7, 11) is 0. The monoisotopic (exact) mass is 406 g/mol. The van der Waals surface area contributed by atoms with E-state index in [4.69, 9.17) is 19.7 Å². The molecule has 0 spiro atoms. The average molecular weight is 406 g/mol. The predicted octanol–water partition coefficient (Wildman–Crippen LogP) is 3.52. The zero-order chi connectivity index (χ0) is 21.7. The van der Waals surface area contributed by atoms with Crippen LogP contribution in [0, 0.1) is 0 Å². The number of fused-ring (bicyclic) bond motifs is 4. The first-order valence-corrected chi connectivity index (χ1v) is 8.54. The standard InChI is InChI=1S/C14H8O4.C8H6O4/c15-13-9-2-1-3-10(8-9)14(16)18-12-6-4-11(17-13)5-7-12;9-7(10)5-1-2-6(4-3-5)8(11)12/h1-8H;1-4H,(H,9,10)(H,11,12). The minimum absolute atomic E-state index is 0.0833. The van der Waals surface area contributed by atoms with Gasteiger partial charge < -0.3 is 19.7 Å². The number of benzene rings is 3. The number of carbonyl (C=O) groups excluding carboxylic acids is 2. The Labute approximate surface area is 169 Å². The summed E-state index contributed by atoms with van der Waals surface area (Å²) in [5, 5.41) is 16.9. The van der Waals surface area contributed by atoms with Crippen LogP contribution in [0.2, 0.25) is 0 Å². The van der Waals surface area contributed by atoms with E-state index in [9.17, 15) is 19.2 Å². The molecule has 2 aliphatic rings. The van der Waals surface area contributed by atoms with Crippen LogP contribution in [0.3, 0.4) is 0 Å². The molecule has 0 fully saturated rings. The number of esters is 2. The zero-order valence-corrected chi connectivity index (χ0v) is 15.3. The highest BCUT2D eigenvalue weighted by molar-refractivity contribution is 5.97. The van der Waals surface area contributed by atoms with E-state index in [0.29, 0.717) is 22.6 Å². The van der Waals surface area contributed by atoms with Crippen LogP contribution >= 0.6 is 0 Å². The first-order valence-electron chi connectivity index (χ1n) is 8.54. The molecular formula is C22H14O8. The van der Waals surface area contributed by atoms with Gasteiger partial charge in [0.25, 0.3) is 0 Å². The van der Waals surface area contributed by atoms with E-state index < -0.39 is 23.9 Å². The highest BCUT2D eigenvalue weighted by atomic mass is 16.5. The zero-order valence-electron chi connectivity index (χ0n) is 15.3. The van der Waals surface area contributed by atoms with Gasteiger partial charge in [0.15, 0.2) is 0 Å². The molecule has 2 N–H and O–H groups in total. The number of hydrogen-bond acceptors (Lipinski definition) is 6. The molecule has 0 atom stereocenters. The summed E-state index contributed by atoms with van der Waals surface area (Å²) in [4.78, 5) is 44.3. The summed E-state index contributed by atoms with van der Waals surface area (Å²) in [5.41, 5.74) is 0.795. The fraction of sp³-hybridized carbons (Fsp3) is 0. The Morgan fingerprint density at radius 3 is 1.30 bits per heavy atom. The maximum absolute atomic E-state index is 11.8. The Bertz CT molecular complexity index is 1030. The minimum Gasteiger partial charge on any atom is -0.478 e. The Kier molecular flexibility index (Phi) is 5.88. The lowest BCUT2D eigenvalue weighted by Gasteiger charge is -2.03. The third-order valence-corrected chi connectivity index (χ3v) is 3.96. The van der Waals surface area contributed by atoms with Crippen LogP contribution in [0.1, 0.15) is 41.4 Å². The highest BCUT2D eigenvalue weighted by Crippen LogP contribution is 2.21. The minimum atomic E-state index is -1.06. The van der Waals surface area contributed by atoms with Crippen LogP contribution in [0.5, 0.6) is 11.5 Å². The second-order valence-corrected chi connectivity index (χ2v) is 6.02. The smallest absolute Gasteiger partial charge is 0.343 e. The highest BCUT2D eigenvalue weighted by Gasteiger charge is 2.15. The topological polar surface area (TPSA) is 127 Å². The molecule has 3 aromatic rings. The van der Waals surface area contributed by atoms with Gasteiger partial charge in [0.05, 0.1) is 22.3 Å². The average Bonchev–Trinajstić information content (AvgIpc) is 2.77. The molecule has 0 unspecified atom stereocenters. The van der Waals surface area contributed by atoms with Crippen molar-refractivity contribution >= 4 is 23.9 Å². The molecule has 0 amide bonds. The normalized spacial score (nSPS) is 11.9. The molecule has 150 valence electrons. The number of ether oxygens (including phenoxy) is 2. The molecule has 0 aromatic heterocycles. The predicted molar refractivity (Wildman–Crippen MR) is 103 cm³/mol. The van der Waals surface area contributed by atoms with Gasteiger partial charge in [0, 0.05) is 0 Å². The van der Waals surface area contributed by atoms with E-state index in [-0.39, 0.29) is 11.1 Å². The number of carboxylic acids is 2. The Morgan fingerprint density at radius 1 is 0.600 bits per heavy atom. The first kappa shape index (κ1) is 20.3. The Morgan fingerprint density at radius 2 is 0.967 bits per heavy atom. The van der Waals surface area contributed by atoms with Crippen LogP contribution in [0.15, 0.2) is 72.8 Å². The molecule has 8 heteroatoms. The van der Waals surface area contributed by atoms with Crippen LogP contribution in [-0.4, -0.2) is 34.1 Å². The van der Waals surface area contributed by atoms with Gasteiger partial charge in [0.1, 0.15) is 11.5 Å². The molecule has 5 rings (SSSR count). The lowest BCUT2D eigenvalue weighted by atomic mass is 10.1. The van der Waals surface area contributed by atoms with Gasteiger partial charge in [-0.25, -0.2) is 19.2 Å². The molecule has 8 nitrogen and oxygen atoms in total. The summed E-state index contributed by atoms with van der Waals surface area (Å²) in [6.45, 7) is 0. The fourth-order valence-electron chi connectivity index (χ4n) is 2.44. The molecular weight excluding hydrogens is 392 g/mol. The molecule has 3 aromatic carbocycles. The van der Waals surface area contributed by atoms with Gasteiger partial charge in [0.2, 0.25) is 0 Å². The van der Waals surface area contributed by atoms with Crippen molar-refractivity contribution < 1.29 is 38.9 Å². The second kappa shape index (κ2) is 8.70. The van der Waals surface area contributed by atoms with Crippen LogP contribution in [0.25, 0.3) is 0 Å². The molecule has 0 aliphatic carbocycles. The first-order chi connectivity index (χ1) is 14.3. The molecule has 2 aliphatic heterocycles. The Hall–Kier alpha value is -4.46. The van der Waals surface area contributed by atoms with Crippen LogP contribution in [0.4, 0.5) is 0 Å². The number of aromatic carboxylic acids is 2. The van der Waals surface area contributed by atoms with E-state index in [1.54, 1.807) is 42.5 Å². The SMILES string of the molecule is O=C(O)c1ccc(C(=O)O)cc1.O=C1Oc2ccc(cc2)OC(=O)c2cccc1c2. The molecule has 0 radical (unpaired) electrons. The maximum Gasteiger partial charge on any atom is 0.343 e. The number of carboxylic acid groups (broad SMARTS) is 2. The van der Waals surface area contributed by atoms with Crippen LogP contribution in [-0.2, 0) is 0 Å². The van der Waals surface area contributed by atoms with Crippen molar-refractivity contribution in [2.45, 2.75) is 0 Å². The molecule has 2 heterocycles. The van der Waals surface area contributed by atoms with Crippen molar-refractivity contribution in [3.05, 3.63) is 95.1 Å². The third-order valence-electron chi connectivity index (χ3n) is 3.96. The number of rotatable bonds is 2. The summed E-state index contributed by atoms with van der Waals surface area (Å²) in [5.74, 6) is -2.31. The van der Waals surface area contributed by atoms with Crippen molar-refractivity contribution in [1.29, 1.82) is 0 Å². The van der Waals surface area contributed by atoms with E-state index in [0.717, 1.165) is 0 Å². The summed E-state index contributed by atoms with van der Waals surface area (Å²) in [6.07, 6.45) is 0. The lowest BCUT2D eigenvalue weighted by Crippen LogP contribution is -2.11. The van der Waals surface area contributed by atoms with Gasteiger partial charge in [-0.2, -0.15) is 0 Å². The number of carbonyl (C=O) groups is 4. The molecule has 0 saturated heterocycles. The van der Waals surface area contributed by atoms with Gasteiger partial charge in [-0.1, -0.05) is 6.07 Å². The second-order valence-electron chi connectivity index (χ2n) is 6.02. The quantitative estimate of drug-likeness (QED) is 0.489. The Balaban J connectivity index is 0.000000187. The number of hydrogen-bond donors (Lipinski definition) is 2. The third kappa shape index (κ3) is 4.87. The maximum atomic E-state index is 11.8. The fourth-order valence-corrected chi connectivity index (χ4v) is 2.44. The summed E-state index contributed by atoms with van der Waals surface area (Å²) in [6, 6.07) is 17.6. The van der Waals surface area contributed by atoms with E-state index in [1.165, 1.54) is 30.3 Å². The van der Waals surface area contributed by atoms with Crippen LogP contribution < -0.4 is 9.47 Å². The van der Waals surface area contributed by atoms with Crippen molar-refractivity contribution in [3.8, 4) is 11.5 Å². The van der Waals surface area contributed by atoms with Crippen molar-refractivity contribution in [1.82, 2.24) is 0 Å². The van der Waals surface area contributed by atoms with Gasteiger partial charge in [-0.05, 0) is 66.7 Å². The largest absolute Gasteiger partial charge is 0.478 e. The van der Waals surface area contributed by atoms with Gasteiger partial charge in [-0.15, -0.1) is 0 Å². The molecule has 4 bridgehead atoms. The van der Waals surface area contributed by atoms with E-state index >= 15 is 0 Å². The molecule has 30 heavy (non-hydrogen) atoms. The van der Waals surface area contributed by atoms with Crippen molar-refractivity contribution in [3.63, 3.8) is 0 Å². The van der Waals surface area contributed by atoms with E-state index in [2.05, 4.69) is 0 Å². The molecule has 0 saturated carbocycles. The van der Waals surface area contributed by atoms with Crippen molar-refractivity contribution in [2.24, 2.45) is 0 Å². The van der Waals surface area contributed by atoms with Gasteiger partial charge >= 0.3 is 23.9 Å². The summed E-state index contributed by atoms with van der Waals surface area (Å²) < 4.78 is 10.3. The lowest BCUT2D eigenvalue weighted by molar-refractivity contribution is 0.0681. The van der Waals surface area contributed by atoms with E-state index in [1.807, 2.05) is 0 Å². The van der Waals surface area contributed by atoms with Gasteiger partial charge in [-0.3, -0.25) is 0 Å².